The van der Waals surface area contributed by atoms with Gasteiger partial charge in [-0.15, -0.1) is 0 Å². The number of benzene rings is 1. The minimum Gasteiger partial charge on any atom is -0.383 e. The van der Waals surface area contributed by atoms with E-state index in [1.54, 1.807) is 25.2 Å². The monoisotopic (exact) mass is 336 g/mol. The molecule has 23 heavy (non-hydrogen) atoms. The average molecular weight is 337 g/mol. The van der Waals surface area contributed by atoms with Gasteiger partial charge in [0.1, 0.15) is 12.7 Å². The first-order chi connectivity index (χ1) is 11.2. The second-order valence-electron chi connectivity index (χ2n) is 5.75. The molecule has 1 aromatic heterocycles. The van der Waals surface area contributed by atoms with Crippen LogP contribution in [0.2, 0.25) is 5.02 Å². The topological polar surface area (TPSA) is 52.4 Å². The Labute approximate surface area is 141 Å². The van der Waals surface area contributed by atoms with E-state index in [0.717, 1.165) is 30.8 Å². The maximum Gasteiger partial charge on any atom is 0.138 e. The molecule has 2 heterocycles. The van der Waals surface area contributed by atoms with Crippen molar-refractivity contribution in [1.82, 2.24) is 19.7 Å². The van der Waals surface area contributed by atoms with Crippen molar-refractivity contribution in [3.63, 3.8) is 0 Å². The molecule has 1 saturated heterocycles. The number of halogens is 1. The number of ether oxygens (including phenoxy) is 2. The van der Waals surface area contributed by atoms with Gasteiger partial charge < -0.3 is 9.47 Å². The minimum absolute atomic E-state index is 0.247. The van der Waals surface area contributed by atoms with E-state index in [0.29, 0.717) is 17.7 Å². The van der Waals surface area contributed by atoms with Crippen LogP contribution in [0.15, 0.2) is 30.9 Å². The highest BCUT2D eigenvalue weighted by atomic mass is 35.5. The van der Waals surface area contributed by atoms with Gasteiger partial charge in [0.05, 0.1) is 18.4 Å². The smallest absolute Gasteiger partial charge is 0.138 e. The summed E-state index contributed by atoms with van der Waals surface area (Å²) in [5.74, 6) is 0. The highest BCUT2D eigenvalue weighted by molar-refractivity contribution is 6.30. The SMILES string of the molecule is COC[C@@H]1C[C@@H](OC)CN1Cc1ccc(Cl)cc1-n1cncn1. The molecule has 1 aliphatic heterocycles. The van der Waals surface area contributed by atoms with E-state index in [2.05, 4.69) is 15.0 Å². The largest absolute Gasteiger partial charge is 0.383 e. The van der Waals surface area contributed by atoms with Gasteiger partial charge in [0.2, 0.25) is 0 Å². The highest BCUT2D eigenvalue weighted by Crippen LogP contribution is 2.26. The summed E-state index contributed by atoms with van der Waals surface area (Å²) >= 11 is 6.16. The number of methoxy groups -OCH3 is 2. The van der Waals surface area contributed by atoms with Gasteiger partial charge in [-0.3, -0.25) is 4.90 Å². The van der Waals surface area contributed by atoms with Gasteiger partial charge in [0, 0.05) is 38.4 Å². The normalized spacial score (nSPS) is 21.9. The first kappa shape index (κ1) is 16.4. The van der Waals surface area contributed by atoms with Crippen molar-refractivity contribution in [3.05, 3.63) is 41.4 Å². The lowest BCUT2D eigenvalue weighted by Gasteiger charge is -2.24. The summed E-state index contributed by atoms with van der Waals surface area (Å²) in [5.41, 5.74) is 2.10. The molecule has 1 fully saturated rings. The summed E-state index contributed by atoms with van der Waals surface area (Å²) in [6.45, 7) is 2.39. The lowest BCUT2D eigenvalue weighted by atomic mass is 10.1. The number of aromatic nitrogens is 3. The van der Waals surface area contributed by atoms with Crippen molar-refractivity contribution in [1.29, 1.82) is 0 Å². The second-order valence-corrected chi connectivity index (χ2v) is 6.18. The second kappa shape index (κ2) is 7.40. The van der Waals surface area contributed by atoms with Crippen LogP contribution >= 0.6 is 11.6 Å². The molecule has 7 heteroatoms. The third kappa shape index (κ3) is 3.72. The molecule has 0 spiro atoms. The molecule has 124 valence electrons. The van der Waals surface area contributed by atoms with Crippen LogP contribution in [0.25, 0.3) is 5.69 Å². The molecule has 0 aliphatic carbocycles. The van der Waals surface area contributed by atoms with Gasteiger partial charge in [-0.25, -0.2) is 9.67 Å². The molecule has 0 unspecified atom stereocenters. The summed E-state index contributed by atoms with van der Waals surface area (Å²) < 4.78 is 12.6. The predicted octanol–water partition coefficient (Wildman–Crippen LogP) is 2.16. The summed E-state index contributed by atoms with van der Waals surface area (Å²) in [6.07, 6.45) is 4.44. The van der Waals surface area contributed by atoms with Crippen LogP contribution in [-0.4, -0.2) is 59.2 Å². The quantitative estimate of drug-likeness (QED) is 0.809. The minimum atomic E-state index is 0.247. The molecule has 1 aliphatic rings. The van der Waals surface area contributed by atoms with Crippen LogP contribution in [-0.2, 0) is 16.0 Å². The molecule has 3 rings (SSSR count). The van der Waals surface area contributed by atoms with E-state index in [4.69, 9.17) is 21.1 Å². The molecule has 0 amide bonds. The van der Waals surface area contributed by atoms with Crippen molar-refractivity contribution >= 4 is 11.6 Å². The summed E-state index contributed by atoms with van der Waals surface area (Å²) in [4.78, 5) is 6.42. The number of likely N-dealkylation sites (tertiary alicyclic amines) is 1. The van der Waals surface area contributed by atoms with Crippen LogP contribution in [0.1, 0.15) is 12.0 Å². The number of hydrogen-bond donors (Lipinski definition) is 0. The maximum atomic E-state index is 6.16. The lowest BCUT2D eigenvalue weighted by molar-refractivity contribution is 0.106. The van der Waals surface area contributed by atoms with Crippen molar-refractivity contribution < 1.29 is 9.47 Å². The Hall–Kier alpha value is -1.47. The molecule has 0 radical (unpaired) electrons. The van der Waals surface area contributed by atoms with Gasteiger partial charge in [-0.05, 0) is 24.1 Å². The lowest BCUT2D eigenvalue weighted by Crippen LogP contribution is -2.33. The number of hydrogen-bond acceptors (Lipinski definition) is 5. The molecule has 1 aromatic carbocycles. The van der Waals surface area contributed by atoms with E-state index in [9.17, 15) is 0 Å². The molecule has 0 bridgehead atoms. The summed E-state index contributed by atoms with van der Waals surface area (Å²) in [5, 5.41) is 4.91. The van der Waals surface area contributed by atoms with Crippen molar-refractivity contribution in [3.8, 4) is 5.69 Å². The zero-order valence-corrected chi connectivity index (χ0v) is 14.1. The van der Waals surface area contributed by atoms with E-state index in [1.165, 1.54) is 6.33 Å². The van der Waals surface area contributed by atoms with E-state index in [-0.39, 0.29) is 6.10 Å². The molecule has 6 nitrogen and oxygen atoms in total. The van der Waals surface area contributed by atoms with Crippen molar-refractivity contribution in [2.75, 3.05) is 27.4 Å². The fraction of sp³-hybridized carbons (Fsp3) is 0.500. The van der Waals surface area contributed by atoms with Gasteiger partial charge in [-0.1, -0.05) is 17.7 Å². The molecule has 2 atom stereocenters. The van der Waals surface area contributed by atoms with Crippen LogP contribution in [0.3, 0.4) is 0 Å². The van der Waals surface area contributed by atoms with E-state index in [1.807, 2.05) is 18.2 Å². The van der Waals surface area contributed by atoms with Gasteiger partial charge in [-0.2, -0.15) is 5.10 Å². The third-order valence-electron chi connectivity index (χ3n) is 4.27. The van der Waals surface area contributed by atoms with Gasteiger partial charge >= 0.3 is 0 Å². The van der Waals surface area contributed by atoms with Crippen LogP contribution in [0, 0.1) is 0 Å². The Bertz CT molecular complexity index is 635. The summed E-state index contributed by atoms with van der Waals surface area (Å²) in [6, 6.07) is 6.22. The predicted molar refractivity (Wildman–Crippen MR) is 87.9 cm³/mol. The van der Waals surface area contributed by atoms with Crippen molar-refractivity contribution in [2.45, 2.75) is 25.1 Å². The molecular weight excluding hydrogens is 316 g/mol. The van der Waals surface area contributed by atoms with Crippen LogP contribution in [0.5, 0.6) is 0 Å². The van der Waals surface area contributed by atoms with E-state index >= 15 is 0 Å². The first-order valence-electron chi connectivity index (χ1n) is 7.60. The Kier molecular flexibility index (Phi) is 5.27. The molecule has 2 aromatic rings. The Balaban J connectivity index is 1.84. The zero-order valence-electron chi connectivity index (χ0n) is 13.4. The first-order valence-corrected chi connectivity index (χ1v) is 7.98. The fourth-order valence-corrected chi connectivity index (χ4v) is 3.27. The van der Waals surface area contributed by atoms with Crippen LogP contribution in [0.4, 0.5) is 0 Å². The van der Waals surface area contributed by atoms with Gasteiger partial charge in [0.15, 0.2) is 0 Å². The third-order valence-corrected chi connectivity index (χ3v) is 4.50. The average Bonchev–Trinajstić information content (AvgIpc) is 3.20. The zero-order chi connectivity index (χ0) is 16.2. The molecule has 0 N–H and O–H groups in total. The Morgan fingerprint density at radius 3 is 2.91 bits per heavy atom. The molecular formula is C16H21ClN4O2. The van der Waals surface area contributed by atoms with Crippen LogP contribution < -0.4 is 0 Å². The van der Waals surface area contributed by atoms with E-state index < -0.39 is 0 Å². The summed E-state index contributed by atoms with van der Waals surface area (Å²) in [7, 11) is 3.50. The maximum absolute atomic E-state index is 6.16. The number of nitrogens with zero attached hydrogens (tertiary/aromatic N) is 4. The Morgan fingerprint density at radius 1 is 1.35 bits per heavy atom. The highest BCUT2D eigenvalue weighted by Gasteiger charge is 2.32. The Morgan fingerprint density at radius 2 is 2.22 bits per heavy atom. The number of rotatable bonds is 6. The van der Waals surface area contributed by atoms with Gasteiger partial charge in [0.25, 0.3) is 0 Å². The standard InChI is InChI=1S/C16H21ClN4O2/c1-22-9-14-6-15(23-2)8-20(14)7-12-3-4-13(17)5-16(12)21-11-18-10-19-21/h3-5,10-11,14-15H,6-9H2,1-2H3/t14-,15+/m0/s1. The van der Waals surface area contributed by atoms with Crippen molar-refractivity contribution in [2.24, 2.45) is 0 Å². The molecule has 0 saturated carbocycles. The fourth-order valence-electron chi connectivity index (χ4n) is 3.10.